The van der Waals surface area contributed by atoms with Crippen molar-refractivity contribution in [3.05, 3.63) is 85.1 Å². The van der Waals surface area contributed by atoms with Gasteiger partial charge in [-0.2, -0.15) is 0 Å². The minimum Gasteiger partial charge on any atom is -0.462 e. The van der Waals surface area contributed by atoms with E-state index in [9.17, 15) is 14.4 Å². The van der Waals surface area contributed by atoms with E-state index in [1.807, 2.05) is 0 Å². The zero-order valence-electron chi connectivity index (χ0n) is 49.6. The Labute approximate surface area is 465 Å². The highest BCUT2D eigenvalue weighted by Crippen LogP contribution is 2.16. The molecule has 75 heavy (non-hydrogen) atoms. The van der Waals surface area contributed by atoms with Crippen LogP contribution in [0.2, 0.25) is 0 Å². The number of hydrogen-bond donors (Lipinski definition) is 0. The molecule has 0 amide bonds. The molecule has 1 atom stereocenters. The summed E-state index contributed by atoms with van der Waals surface area (Å²) >= 11 is 0. The summed E-state index contributed by atoms with van der Waals surface area (Å²) in [6.07, 6.45) is 82.9. The van der Waals surface area contributed by atoms with E-state index in [0.717, 1.165) is 96.3 Å². The lowest BCUT2D eigenvalue weighted by atomic mass is 10.1. The van der Waals surface area contributed by atoms with E-state index in [0.29, 0.717) is 19.3 Å². The van der Waals surface area contributed by atoms with Gasteiger partial charge < -0.3 is 14.2 Å². The molecule has 0 aromatic carbocycles. The number of carbonyl (C=O) groups excluding carboxylic acids is 3. The van der Waals surface area contributed by atoms with Crippen molar-refractivity contribution < 1.29 is 28.6 Å². The van der Waals surface area contributed by atoms with Crippen molar-refractivity contribution in [2.45, 2.75) is 322 Å². The molecule has 0 aromatic heterocycles. The molecule has 0 spiro atoms. The maximum Gasteiger partial charge on any atom is 0.306 e. The van der Waals surface area contributed by atoms with E-state index in [1.165, 1.54) is 180 Å². The predicted molar refractivity (Wildman–Crippen MR) is 325 cm³/mol. The van der Waals surface area contributed by atoms with Crippen LogP contribution in [0.5, 0.6) is 0 Å². The van der Waals surface area contributed by atoms with Crippen LogP contribution in [0.1, 0.15) is 316 Å². The van der Waals surface area contributed by atoms with Gasteiger partial charge in [0.25, 0.3) is 0 Å². The van der Waals surface area contributed by atoms with Gasteiger partial charge in [-0.05, 0) is 116 Å². The van der Waals surface area contributed by atoms with Crippen LogP contribution in [0.4, 0.5) is 0 Å². The first-order valence-corrected chi connectivity index (χ1v) is 32.1. The summed E-state index contributed by atoms with van der Waals surface area (Å²) in [6, 6.07) is 0. The SMILES string of the molecule is CC/C=C\C/C=C\C/C=C\C/C=C\C/C=C\CCCCCCCCCC(=O)OCC(COC(=O)CCCCCCCCC/C=C\CCCCCCCC)OC(=O)CCCCCCCCC/C=C\CCCCCCCC. The third-order valence-corrected chi connectivity index (χ3v) is 13.9. The van der Waals surface area contributed by atoms with E-state index in [2.05, 4.69) is 106 Å². The van der Waals surface area contributed by atoms with Crippen LogP contribution in [0.3, 0.4) is 0 Å². The van der Waals surface area contributed by atoms with Gasteiger partial charge >= 0.3 is 17.9 Å². The zero-order valence-corrected chi connectivity index (χ0v) is 49.6. The molecule has 0 aromatic rings. The molecule has 0 rings (SSSR count). The normalized spacial score (nSPS) is 12.6. The van der Waals surface area contributed by atoms with Crippen molar-refractivity contribution in [2.75, 3.05) is 13.2 Å². The number of unbranched alkanes of at least 4 members (excludes halogenated alkanes) is 33. The minimum atomic E-state index is -0.787. The van der Waals surface area contributed by atoms with Gasteiger partial charge in [0, 0.05) is 19.3 Å². The van der Waals surface area contributed by atoms with Crippen LogP contribution in [-0.2, 0) is 28.6 Å². The molecule has 0 N–H and O–H groups in total. The molecule has 0 aliphatic rings. The van der Waals surface area contributed by atoms with Crippen LogP contribution in [0.15, 0.2) is 85.1 Å². The average molecular weight is 1050 g/mol. The molecular formula is C69H120O6. The fraction of sp³-hybridized carbons (Fsp3) is 0.754. The molecule has 0 aliphatic heterocycles. The molecule has 0 saturated heterocycles. The van der Waals surface area contributed by atoms with Crippen LogP contribution in [0.25, 0.3) is 0 Å². The highest BCUT2D eigenvalue weighted by Gasteiger charge is 2.19. The molecule has 0 saturated carbocycles. The maximum atomic E-state index is 12.9. The highest BCUT2D eigenvalue weighted by atomic mass is 16.6. The highest BCUT2D eigenvalue weighted by molar-refractivity contribution is 5.71. The molecule has 6 nitrogen and oxygen atoms in total. The van der Waals surface area contributed by atoms with Crippen molar-refractivity contribution in [2.24, 2.45) is 0 Å². The molecule has 432 valence electrons. The summed E-state index contributed by atoms with van der Waals surface area (Å²) in [4.78, 5) is 38.3. The Morgan fingerprint density at radius 3 is 0.827 bits per heavy atom. The standard InChI is InChI=1S/C69H120O6/c1-4-7-10-13-16-19-22-25-28-31-32-33-34-35-36-39-41-44-47-50-53-56-59-62-68(71)74-65-66(75-69(72)63-60-57-54-51-48-45-42-38-30-27-24-21-18-15-12-9-6-3)64-73-67(70)61-58-55-52-49-46-43-40-37-29-26-23-20-17-14-11-8-5-2/h7,10,16,19,25-30,32-33,35-36,66H,4-6,8-9,11-15,17-18,20-24,31,34,37-65H2,1-3H3/b10-7-,19-16-,28-25-,29-26-,30-27-,33-32-,36-35-. The monoisotopic (exact) mass is 1040 g/mol. The predicted octanol–water partition coefficient (Wildman–Crippen LogP) is 21.9. The third kappa shape index (κ3) is 61.3. The second-order valence-corrected chi connectivity index (χ2v) is 21.3. The van der Waals surface area contributed by atoms with Gasteiger partial charge in [0.15, 0.2) is 6.10 Å². The lowest BCUT2D eigenvalue weighted by Crippen LogP contribution is -2.30. The van der Waals surface area contributed by atoms with E-state index in [-0.39, 0.29) is 31.1 Å². The Kier molecular flexibility index (Phi) is 60.3. The van der Waals surface area contributed by atoms with Gasteiger partial charge in [-0.15, -0.1) is 0 Å². The molecule has 0 heterocycles. The fourth-order valence-electron chi connectivity index (χ4n) is 9.05. The van der Waals surface area contributed by atoms with Crippen molar-refractivity contribution in [1.82, 2.24) is 0 Å². The summed E-state index contributed by atoms with van der Waals surface area (Å²) in [7, 11) is 0. The maximum absolute atomic E-state index is 12.9. The number of esters is 3. The van der Waals surface area contributed by atoms with Crippen molar-refractivity contribution in [3.63, 3.8) is 0 Å². The zero-order chi connectivity index (χ0) is 54.3. The first kappa shape index (κ1) is 71.6. The van der Waals surface area contributed by atoms with Gasteiger partial charge in [0.2, 0.25) is 0 Å². The lowest BCUT2D eigenvalue weighted by molar-refractivity contribution is -0.167. The van der Waals surface area contributed by atoms with Gasteiger partial charge in [0.05, 0.1) is 0 Å². The minimum absolute atomic E-state index is 0.0828. The number of hydrogen-bond acceptors (Lipinski definition) is 6. The Balaban J connectivity index is 4.39. The van der Waals surface area contributed by atoms with Crippen molar-refractivity contribution in [3.8, 4) is 0 Å². The Hall–Kier alpha value is -3.41. The first-order chi connectivity index (χ1) is 37.0. The van der Waals surface area contributed by atoms with Crippen molar-refractivity contribution in [1.29, 1.82) is 0 Å². The summed E-state index contributed by atoms with van der Waals surface area (Å²) in [5.74, 6) is -0.890. The topological polar surface area (TPSA) is 78.9 Å². The molecule has 0 aliphatic carbocycles. The van der Waals surface area contributed by atoms with Crippen LogP contribution in [-0.4, -0.2) is 37.2 Å². The van der Waals surface area contributed by atoms with Crippen LogP contribution < -0.4 is 0 Å². The molecule has 1 unspecified atom stereocenters. The van der Waals surface area contributed by atoms with Gasteiger partial charge in [-0.3, -0.25) is 14.4 Å². The van der Waals surface area contributed by atoms with Gasteiger partial charge in [-0.25, -0.2) is 0 Å². The number of carbonyl (C=O) groups is 3. The van der Waals surface area contributed by atoms with Crippen LogP contribution in [0, 0.1) is 0 Å². The summed E-state index contributed by atoms with van der Waals surface area (Å²) in [5.41, 5.74) is 0. The Morgan fingerprint density at radius 2 is 0.520 bits per heavy atom. The second kappa shape index (κ2) is 63.1. The van der Waals surface area contributed by atoms with Crippen LogP contribution >= 0.6 is 0 Å². The molecular weight excluding hydrogens is 925 g/mol. The molecule has 0 bridgehead atoms. The summed E-state index contributed by atoms with van der Waals surface area (Å²) < 4.78 is 16.9. The third-order valence-electron chi connectivity index (χ3n) is 13.9. The van der Waals surface area contributed by atoms with Crippen molar-refractivity contribution >= 4 is 17.9 Å². The van der Waals surface area contributed by atoms with E-state index >= 15 is 0 Å². The Bertz CT molecular complexity index is 1430. The smallest absolute Gasteiger partial charge is 0.306 e. The molecule has 0 fully saturated rings. The Morgan fingerprint density at radius 1 is 0.280 bits per heavy atom. The van der Waals surface area contributed by atoms with Gasteiger partial charge in [0.1, 0.15) is 13.2 Å². The average Bonchev–Trinajstić information content (AvgIpc) is 3.41. The second-order valence-electron chi connectivity index (χ2n) is 21.3. The largest absolute Gasteiger partial charge is 0.462 e. The number of allylic oxidation sites excluding steroid dienone is 14. The summed E-state index contributed by atoms with van der Waals surface area (Å²) in [6.45, 7) is 6.53. The summed E-state index contributed by atoms with van der Waals surface area (Å²) in [5, 5.41) is 0. The quantitative estimate of drug-likeness (QED) is 0.0261. The fourth-order valence-corrected chi connectivity index (χ4v) is 9.05. The van der Waals surface area contributed by atoms with E-state index in [4.69, 9.17) is 14.2 Å². The number of ether oxygens (including phenoxy) is 3. The molecule has 6 heteroatoms. The number of rotatable bonds is 58. The van der Waals surface area contributed by atoms with E-state index in [1.54, 1.807) is 0 Å². The van der Waals surface area contributed by atoms with Gasteiger partial charge in [-0.1, -0.05) is 266 Å². The molecule has 0 radical (unpaired) electrons. The lowest BCUT2D eigenvalue weighted by Gasteiger charge is -2.18. The van der Waals surface area contributed by atoms with E-state index < -0.39 is 6.10 Å². The first-order valence-electron chi connectivity index (χ1n) is 32.1.